The van der Waals surface area contributed by atoms with Crippen LogP contribution >= 0.6 is 0 Å². The van der Waals surface area contributed by atoms with E-state index >= 15 is 0 Å². The standard InChI is InChI=1S/C18H20F3N3O4/c1-16(2)14(25)24(15(26)23-16)11-6-13(7-11)27-12-5-4-10(9-22)17(3,8-12)28-18(19,20)21/h4-5,11,13H,6-8H2,1-3H3,(H,23,26). The van der Waals surface area contributed by atoms with E-state index in [-0.39, 0.29) is 35.8 Å². The Morgan fingerprint density at radius 1 is 1.25 bits per heavy atom. The molecule has 0 aromatic rings. The first-order valence-electron chi connectivity index (χ1n) is 8.75. The lowest BCUT2D eigenvalue weighted by Crippen LogP contribution is -2.52. The number of urea groups is 1. The maximum Gasteiger partial charge on any atom is 0.523 e. The van der Waals surface area contributed by atoms with Crippen molar-refractivity contribution < 1.29 is 32.2 Å². The molecule has 1 aliphatic heterocycles. The summed E-state index contributed by atoms with van der Waals surface area (Å²) in [4.78, 5) is 25.5. The molecule has 28 heavy (non-hydrogen) atoms. The van der Waals surface area contributed by atoms with Crippen molar-refractivity contribution in [3.05, 3.63) is 23.5 Å². The van der Waals surface area contributed by atoms with E-state index in [1.54, 1.807) is 19.9 Å². The lowest BCUT2D eigenvalue weighted by Gasteiger charge is -2.41. The molecule has 1 heterocycles. The smallest absolute Gasteiger partial charge is 0.494 e. The lowest BCUT2D eigenvalue weighted by atomic mass is 9.85. The number of imide groups is 1. The van der Waals surface area contributed by atoms with Gasteiger partial charge in [-0.2, -0.15) is 5.26 Å². The summed E-state index contributed by atoms with van der Waals surface area (Å²) in [6.45, 7) is 4.42. The number of nitrogens with zero attached hydrogens (tertiary/aromatic N) is 2. The molecule has 2 fully saturated rings. The van der Waals surface area contributed by atoms with Gasteiger partial charge in [0.25, 0.3) is 5.91 Å². The molecule has 1 saturated carbocycles. The molecule has 3 aliphatic rings. The van der Waals surface area contributed by atoms with Crippen molar-refractivity contribution in [3.8, 4) is 6.07 Å². The largest absolute Gasteiger partial charge is 0.523 e. The molecule has 0 spiro atoms. The Balaban J connectivity index is 1.61. The molecular formula is C18H20F3N3O4. The van der Waals surface area contributed by atoms with Crippen LogP contribution in [0.15, 0.2) is 23.5 Å². The second kappa shape index (κ2) is 6.51. The van der Waals surface area contributed by atoms with Crippen LogP contribution in [-0.2, 0) is 14.3 Å². The highest BCUT2D eigenvalue weighted by Crippen LogP contribution is 2.40. The van der Waals surface area contributed by atoms with Gasteiger partial charge >= 0.3 is 12.4 Å². The summed E-state index contributed by atoms with van der Waals surface area (Å²) in [6.07, 6.45) is -2.01. The number of amides is 3. The number of hydrogen-bond donors (Lipinski definition) is 1. The Morgan fingerprint density at radius 2 is 1.89 bits per heavy atom. The topological polar surface area (TPSA) is 91.7 Å². The molecule has 1 unspecified atom stereocenters. The molecule has 0 aromatic heterocycles. The Morgan fingerprint density at radius 3 is 2.39 bits per heavy atom. The van der Waals surface area contributed by atoms with Crippen LogP contribution in [0.1, 0.15) is 40.0 Å². The van der Waals surface area contributed by atoms with Gasteiger partial charge in [0.2, 0.25) is 0 Å². The van der Waals surface area contributed by atoms with E-state index in [1.807, 2.05) is 0 Å². The molecule has 3 amide bonds. The van der Waals surface area contributed by atoms with Crippen LogP contribution in [0.5, 0.6) is 0 Å². The Hall–Kier alpha value is -2.54. The fourth-order valence-electron chi connectivity index (χ4n) is 3.59. The molecule has 3 rings (SSSR count). The van der Waals surface area contributed by atoms with Crippen LogP contribution in [0.2, 0.25) is 0 Å². The normalized spacial score (nSPS) is 32.1. The summed E-state index contributed by atoms with van der Waals surface area (Å²) in [5.74, 6) is -0.0580. The molecule has 0 bridgehead atoms. The highest BCUT2D eigenvalue weighted by Gasteiger charge is 2.51. The zero-order valence-electron chi connectivity index (χ0n) is 15.6. The third-order valence-electron chi connectivity index (χ3n) is 5.12. The van der Waals surface area contributed by atoms with Gasteiger partial charge in [-0.1, -0.05) is 0 Å². The predicted octanol–water partition coefficient (Wildman–Crippen LogP) is 2.90. The molecule has 0 radical (unpaired) electrons. The number of nitriles is 1. The maximum absolute atomic E-state index is 12.7. The number of nitrogens with one attached hydrogen (secondary N) is 1. The van der Waals surface area contributed by atoms with E-state index in [2.05, 4.69) is 10.1 Å². The van der Waals surface area contributed by atoms with Crippen LogP contribution in [0.3, 0.4) is 0 Å². The summed E-state index contributed by atoms with van der Waals surface area (Å²) in [7, 11) is 0. The molecule has 7 nitrogen and oxygen atoms in total. The van der Waals surface area contributed by atoms with Crippen LogP contribution in [-0.4, -0.2) is 46.5 Å². The van der Waals surface area contributed by atoms with E-state index in [9.17, 15) is 22.8 Å². The number of alkyl halides is 3. The van der Waals surface area contributed by atoms with Crippen LogP contribution in [0.4, 0.5) is 18.0 Å². The van der Waals surface area contributed by atoms with Gasteiger partial charge < -0.3 is 10.1 Å². The SMILES string of the molecule is CC1(C)NC(=O)N(C2CC(OC3=CC=C(C#N)C(C)(OC(F)(F)F)C3)C2)C1=O. The minimum Gasteiger partial charge on any atom is -0.494 e. The van der Waals surface area contributed by atoms with Gasteiger partial charge in [-0.3, -0.25) is 14.4 Å². The number of halogens is 3. The van der Waals surface area contributed by atoms with Crippen molar-refractivity contribution in [1.82, 2.24) is 10.2 Å². The minimum absolute atomic E-state index is 0.148. The summed E-state index contributed by atoms with van der Waals surface area (Å²) < 4.78 is 48.1. The summed E-state index contributed by atoms with van der Waals surface area (Å²) in [6, 6.07) is 0.959. The van der Waals surface area contributed by atoms with Crippen LogP contribution in [0, 0.1) is 11.3 Å². The maximum atomic E-state index is 12.7. The lowest BCUT2D eigenvalue weighted by molar-refractivity contribution is -0.357. The van der Waals surface area contributed by atoms with Crippen molar-refractivity contribution in [2.45, 2.75) is 69.7 Å². The van der Waals surface area contributed by atoms with Gasteiger partial charge in [-0.05, 0) is 32.9 Å². The average Bonchev–Trinajstić information content (AvgIpc) is 2.69. The number of carbonyl (C=O) groups is 2. The fraction of sp³-hybridized carbons (Fsp3) is 0.611. The van der Waals surface area contributed by atoms with Crippen molar-refractivity contribution in [2.75, 3.05) is 0 Å². The number of allylic oxidation sites excluding steroid dienone is 2. The molecule has 1 saturated heterocycles. The highest BCUT2D eigenvalue weighted by atomic mass is 19.4. The Bertz CT molecular complexity index is 806. The van der Waals surface area contributed by atoms with Gasteiger partial charge in [0.1, 0.15) is 17.2 Å². The number of ether oxygens (including phenoxy) is 2. The zero-order chi connectivity index (χ0) is 20.9. The third kappa shape index (κ3) is 3.71. The second-order valence-electron chi connectivity index (χ2n) is 7.88. The molecule has 0 aromatic carbocycles. The number of rotatable bonds is 4. The number of hydrogen-bond acceptors (Lipinski definition) is 5. The molecule has 2 aliphatic carbocycles. The third-order valence-corrected chi connectivity index (χ3v) is 5.12. The molecule has 1 N–H and O–H groups in total. The van der Waals surface area contributed by atoms with Gasteiger partial charge in [0.05, 0.1) is 17.4 Å². The zero-order valence-corrected chi connectivity index (χ0v) is 15.6. The Labute approximate surface area is 159 Å². The van der Waals surface area contributed by atoms with E-state index in [0.29, 0.717) is 12.8 Å². The second-order valence-corrected chi connectivity index (χ2v) is 7.88. The van der Waals surface area contributed by atoms with Crippen molar-refractivity contribution in [3.63, 3.8) is 0 Å². The first-order chi connectivity index (χ1) is 12.8. The Kier molecular flexibility index (Phi) is 4.70. The minimum atomic E-state index is -4.90. The van der Waals surface area contributed by atoms with E-state index in [1.165, 1.54) is 24.0 Å². The molecule has 152 valence electrons. The van der Waals surface area contributed by atoms with Gasteiger partial charge in [-0.25, -0.2) is 4.79 Å². The van der Waals surface area contributed by atoms with Gasteiger partial charge in [0, 0.05) is 25.3 Å². The molecule has 10 heteroatoms. The van der Waals surface area contributed by atoms with Gasteiger partial charge in [0.15, 0.2) is 0 Å². The first kappa shape index (κ1) is 20.2. The number of carbonyl (C=O) groups excluding carboxylic acids is 2. The van der Waals surface area contributed by atoms with Crippen LogP contribution < -0.4 is 5.32 Å². The predicted molar refractivity (Wildman–Crippen MR) is 89.3 cm³/mol. The molecule has 1 atom stereocenters. The van der Waals surface area contributed by atoms with E-state index < -0.39 is 23.5 Å². The van der Waals surface area contributed by atoms with Gasteiger partial charge in [-0.15, -0.1) is 13.2 Å². The quantitative estimate of drug-likeness (QED) is 0.734. The average molecular weight is 399 g/mol. The monoisotopic (exact) mass is 399 g/mol. The molecular weight excluding hydrogens is 379 g/mol. The summed E-state index contributed by atoms with van der Waals surface area (Å²) >= 11 is 0. The summed E-state index contributed by atoms with van der Waals surface area (Å²) in [5, 5.41) is 11.7. The van der Waals surface area contributed by atoms with Crippen molar-refractivity contribution in [1.29, 1.82) is 5.26 Å². The summed E-state index contributed by atoms with van der Waals surface area (Å²) in [5.41, 5.74) is -2.97. The van der Waals surface area contributed by atoms with E-state index in [0.717, 1.165) is 0 Å². The first-order valence-corrected chi connectivity index (χ1v) is 8.75. The fourth-order valence-corrected chi connectivity index (χ4v) is 3.59. The van der Waals surface area contributed by atoms with E-state index in [4.69, 9.17) is 10.00 Å². The van der Waals surface area contributed by atoms with Crippen molar-refractivity contribution in [2.24, 2.45) is 0 Å². The van der Waals surface area contributed by atoms with Crippen molar-refractivity contribution >= 4 is 11.9 Å². The van der Waals surface area contributed by atoms with Crippen LogP contribution in [0.25, 0.3) is 0 Å². The highest BCUT2D eigenvalue weighted by molar-refractivity contribution is 6.06.